The molecule has 0 aromatic heterocycles. The molecule has 0 saturated carbocycles. The van der Waals surface area contributed by atoms with Crippen molar-refractivity contribution in [1.29, 1.82) is 0 Å². The third-order valence-corrected chi connectivity index (χ3v) is 2.18. The SMILES string of the molecule is CC(Oc1ccc([C@H](C)N)c(F)c1)C(N)=O. The minimum absolute atomic E-state index is 0.258. The molecule has 0 aliphatic rings. The third-order valence-electron chi connectivity index (χ3n) is 2.18. The van der Waals surface area contributed by atoms with Crippen LogP contribution in [0.3, 0.4) is 0 Å². The number of primary amides is 1. The first kappa shape index (κ1) is 12.4. The van der Waals surface area contributed by atoms with Gasteiger partial charge in [0.05, 0.1) is 0 Å². The average molecular weight is 226 g/mol. The molecule has 88 valence electrons. The van der Waals surface area contributed by atoms with Crippen molar-refractivity contribution in [2.75, 3.05) is 0 Å². The first-order valence-electron chi connectivity index (χ1n) is 4.93. The molecule has 2 atom stereocenters. The average Bonchev–Trinajstić information content (AvgIpc) is 2.16. The lowest BCUT2D eigenvalue weighted by Gasteiger charge is -2.13. The van der Waals surface area contributed by atoms with Crippen molar-refractivity contribution in [1.82, 2.24) is 0 Å². The minimum atomic E-state index is -0.791. The maximum atomic E-state index is 13.5. The highest BCUT2D eigenvalue weighted by atomic mass is 19.1. The van der Waals surface area contributed by atoms with Crippen LogP contribution in [0.4, 0.5) is 4.39 Å². The number of hydrogen-bond donors (Lipinski definition) is 2. The summed E-state index contributed by atoms with van der Waals surface area (Å²) in [6, 6.07) is 3.89. The van der Waals surface area contributed by atoms with Gasteiger partial charge in [-0.1, -0.05) is 6.07 Å². The van der Waals surface area contributed by atoms with E-state index < -0.39 is 17.8 Å². The van der Waals surface area contributed by atoms with Crippen LogP contribution in [0.1, 0.15) is 25.5 Å². The van der Waals surface area contributed by atoms with E-state index in [-0.39, 0.29) is 11.8 Å². The Bertz CT molecular complexity index is 394. The Morgan fingerprint density at radius 3 is 2.50 bits per heavy atom. The Balaban J connectivity index is 2.85. The first-order chi connectivity index (χ1) is 7.41. The van der Waals surface area contributed by atoms with E-state index >= 15 is 0 Å². The Morgan fingerprint density at radius 2 is 2.06 bits per heavy atom. The number of hydrogen-bond acceptors (Lipinski definition) is 3. The summed E-state index contributed by atoms with van der Waals surface area (Å²) >= 11 is 0. The molecule has 1 aromatic rings. The summed E-state index contributed by atoms with van der Waals surface area (Å²) in [5.74, 6) is -0.797. The van der Waals surface area contributed by atoms with Gasteiger partial charge >= 0.3 is 0 Å². The minimum Gasteiger partial charge on any atom is -0.481 e. The van der Waals surface area contributed by atoms with Gasteiger partial charge in [0, 0.05) is 17.7 Å². The van der Waals surface area contributed by atoms with E-state index in [2.05, 4.69) is 0 Å². The van der Waals surface area contributed by atoms with E-state index in [1.807, 2.05) is 0 Å². The van der Waals surface area contributed by atoms with Crippen LogP contribution in [0.2, 0.25) is 0 Å². The quantitative estimate of drug-likeness (QED) is 0.806. The Kier molecular flexibility index (Phi) is 3.84. The van der Waals surface area contributed by atoms with Crippen LogP contribution in [0.5, 0.6) is 5.75 Å². The number of halogens is 1. The monoisotopic (exact) mass is 226 g/mol. The van der Waals surface area contributed by atoms with Crippen LogP contribution in [0.25, 0.3) is 0 Å². The fraction of sp³-hybridized carbons (Fsp3) is 0.364. The lowest BCUT2D eigenvalue weighted by Crippen LogP contribution is -2.30. The summed E-state index contributed by atoms with van der Waals surface area (Å²) in [6.07, 6.45) is -0.791. The number of benzene rings is 1. The molecule has 4 N–H and O–H groups in total. The van der Waals surface area contributed by atoms with Gasteiger partial charge in [-0.05, 0) is 19.9 Å². The van der Waals surface area contributed by atoms with Gasteiger partial charge in [0.15, 0.2) is 6.10 Å². The second kappa shape index (κ2) is 4.94. The molecule has 4 nitrogen and oxygen atoms in total. The number of ether oxygens (including phenoxy) is 1. The standard InChI is InChI=1S/C11H15FN2O2/c1-6(13)9-4-3-8(5-10(9)12)16-7(2)11(14)15/h3-7H,13H2,1-2H3,(H2,14,15)/t6-,7?/m0/s1. The molecule has 0 bridgehead atoms. The molecule has 5 heteroatoms. The van der Waals surface area contributed by atoms with Gasteiger partial charge in [0.2, 0.25) is 0 Å². The number of nitrogens with two attached hydrogens (primary N) is 2. The van der Waals surface area contributed by atoms with Crippen molar-refractivity contribution in [2.24, 2.45) is 11.5 Å². The van der Waals surface area contributed by atoms with E-state index in [9.17, 15) is 9.18 Å². The summed E-state index contributed by atoms with van der Waals surface area (Å²) in [5, 5.41) is 0. The number of amides is 1. The van der Waals surface area contributed by atoms with Crippen molar-refractivity contribution in [3.05, 3.63) is 29.6 Å². The van der Waals surface area contributed by atoms with Crippen molar-refractivity contribution >= 4 is 5.91 Å². The lowest BCUT2D eigenvalue weighted by molar-refractivity contribution is -0.123. The van der Waals surface area contributed by atoms with Gasteiger partial charge < -0.3 is 16.2 Å². The van der Waals surface area contributed by atoms with E-state index in [0.717, 1.165) is 0 Å². The van der Waals surface area contributed by atoms with Crippen molar-refractivity contribution in [3.8, 4) is 5.75 Å². The molecule has 1 aromatic carbocycles. The summed E-state index contributed by atoms with van der Waals surface area (Å²) < 4.78 is 18.6. The molecule has 1 amide bonds. The molecule has 0 saturated heterocycles. The largest absolute Gasteiger partial charge is 0.481 e. The lowest BCUT2D eigenvalue weighted by atomic mass is 10.1. The zero-order valence-corrected chi connectivity index (χ0v) is 9.24. The van der Waals surface area contributed by atoms with Gasteiger partial charge in [-0.3, -0.25) is 4.79 Å². The second-order valence-electron chi connectivity index (χ2n) is 3.63. The summed E-state index contributed by atoms with van der Waals surface area (Å²) in [5.41, 5.74) is 11.0. The molecular formula is C11H15FN2O2. The number of rotatable bonds is 4. The zero-order valence-electron chi connectivity index (χ0n) is 9.24. The summed E-state index contributed by atoms with van der Waals surface area (Å²) in [6.45, 7) is 3.19. The fourth-order valence-corrected chi connectivity index (χ4v) is 1.21. The van der Waals surface area contributed by atoms with Crippen molar-refractivity contribution < 1.29 is 13.9 Å². The second-order valence-corrected chi connectivity index (χ2v) is 3.63. The topological polar surface area (TPSA) is 78.3 Å². The summed E-state index contributed by atoms with van der Waals surface area (Å²) in [7, 11) is 0. The normalized spacial score (nSPS) is 14.2. The molecule has 0 radical (unpaired) electrons. The van der Waals surface area contributed by atoms with E-state index in [4.69, 9.17) is 16.2 Å². The van der Waals surface area contributed by atoms with E-state index in [1.165, 1.54) is 19.1 Å². The predicted octanol–water partition coefficient (Wildman–Crippen LogP) is 1.10. The predicted molar refractivity (Wildman–Crippen MR) is 58.3 cm³/mol. The van der Waals surface area contributed by atoms with Gasteiger partial charge in [0.1, 0.15) is 11.6 Å². The molecule has 0 spiro atoms. The molecule has 0 aliphatic carbocycles. The maximum absolute atomic E-state index is 13.5. The van der Waals surface area contributed by atoms with Crippen molar-refractivity contribution in [2.45, 2.75) is 26.0 Å². The van der Waals surface area contributed by atoms with Crippen LogP contribution in [0, 0.1) is 5.82 Å². The fourth-order valence-electron chi connectivity index (χ4n) is 1.21. The van der Waals surface area contributed by atoms with Crippen LogP contribution in [-0.4, -0.2) is 12.0 Å². The van der Waals surface area contributed by atoms with Gasteiger partial charge in [-0.2, -0.15) is 0 Å². The smallest absolute Gasteiger partial charge is 0.258 e. The molecule has 1 rings (SSSR count). The molecular weight excluding hydrogens is 211 g/mol. The third kappa shape index (κ3) is 2.93. The highest BCUT2D eigenvalue weighted by Crippen LogP contribution is 2.21. The van der Waals surface area contributed by atoms with Crippen LogP contribution < -0.4 is 16.2 Å². The highest BCUT2D eigenvalue weighted by molar-refractivity contribution is 5.78. The molecule has 1 unspecified atom stereocenters. The highest BCUT2D eigenvalue weighted by Gasteiger charge is 2.12. The number of carbonyl (C=O) groups is 1. The molecule has 0 aliphatic heterocycles. The zero-order chi connectivity index (χ0) is 12.3. The Morgan fingerprint density at radius 1 is 1.44 bits per heavy atom. The van der Waals surface area contributed by atoms with Crippen LogP contribution in [0.15, 0.2) is 18.2 Å². The van der Waals surface area contributed by atoms with Crippen LogP contribution >= 0.6 is 0 Å². The summed E-state index contributed by atoms with van der Waals surface area (Å²) in [4.78, 5) is 10.7. The molecule has 0 heterocycles. The van der Waals surface area contributed by atoms with Crippen LogP contribution in [-0.2, 0) is 4.79 Å². The molecule has 0 fully saturated rings. The Labute approximate surface area is 93.4 Å². The van der Waals surface area contributed by atoms with E-state index in [0.29, 0.717) is 5.56 Å². The Hall–Kier alpha value is -1.62. The van der Waals surface area contributed by atoms with E-state index in [1.54, 1.807) is 13.0 Å². The molecule has 16 heavy (non-hydrogen) atoms. The van der Waals surface area contributed by atoms with Gasteiger partial charge in [-0.25, -0.2) is 4.39 Å². The maximum Gasteiger partial charge on any atom is 0.258 e. The number of carbonyl (C=O) groups excluding carboxylic acids is 1. The van der Waals surface area contributed by atoms with Crippen molar-refractivity contribution in [3.63, 3.8) is 0 Å². The van der Waals surface area contributed by atoms with Gasteiger partial charge in [0.25, 0.3) is 5.91 Å². The van der Waals surface area contributed by atoms with Gasteiger partial charge in [-0.15, -0.1) is 0 Å². The first-order valence-corrected chi connectivity index (χ1v) is 4.93.